The topological polar surface area (TPSA) is 55.4 Å². The first kappa shape index (κ1) is 20.4. The molecule has 138 valence electrons. The van der Waals surface area contributed by atoms with E-state index >= 15 is 0 Å². The van der Waals surface area contributed by atoms with Crippen molar-refractivity contribution in [3.63, 3.8) is 0 Å². The zero-order valence-corrected chi connectivity index (χ0v) is 14.9. The Bertz CT molecular complexity index is 856. The molecule has 1 N–H and O–H groups in total. The average Bonchev–Trinajstić information content (AvgIpc) is 2.53. The van der Waals surface area contributed by atoms with Crippen molar-refractivity contribution in [1.29, 1.82) is 0 Å². The van der Waals surface area contributed by atoms with Crippen LogP contribution in [0.25, 0.3) is 0 Å². The summed E-state index contributed by atoms with van der Waals surface area (Å²) in [7, 11) is 0. The molecular weight excluding hydrogens is 418 g/mol. The number of benzene rings is 2. The maximum absolute atomic E-state index is 13.0. The molecule has 0 bridgehead atoms. The van der Waals surface area contributed by atoms with Crippen LogP contribution in [0.15, 0.2) is 36.4 Å². The molecule has 26 heavy (non-hydrogen) atoms. The van der Waals surface area contributed by atoms with E-state index in [2.05, 4.69) is 0 Å². The predicted molar refractivity (Wildman–Crippen MR) is 91.8 cm³/mol. The van der Waals surface area contributed by atoms with E-state index < -0.39 is 35.9 Å². The second kappa shape index (κ2) is 8.16. The summed E-state index contributed by atoms with van der Waals surface area (Å²) < 4.78 is 43.7. The van der Waals surface area contributed by atoms with Crippen LogP contribution in [-0.4, -0.2) is 18.5 Å². The molecule has 0 aromatic heterocycles. The number of hydrogen-bond acceptors (Lipinski definition) is 3. The van der Waals surface area contributed by atoms with Crippen LogP contribution in [0.1, 0.15) is 15.9 Å². The summed E-state index contributed by atoms with van der Waals surface area (Å²) in [6.07, 6.45) is -4.72. The number of esters is 1. The van der Waals surface area contributed by atoms with E-state index in [0.29, 0.717) is 5.02 Å². The first-order valence-corrected chi connectivity index (χ1v) is 8.00. The highest BCUT2D eigenvalue weighted by Crippen LogP contribution is 2.38. The van der Waals surface area contributed by atoms with Crippen LogP contribution in [0.5, 0.6) is 0 Å². The van der Waals surface area contributed by atoms with Gasteiger partial charge in [-0.15, -0.1) is 0 Å². The fraction of sp³-hybridized carbons (Fsp3) is 0.125. The molecule has 0 aliphatic heterocycles. The third kappa shape index (κ3) is 5.03. The lowest BCUT2D eigenvalue weighted by Gasteiger charge is -2.15. The van der Waals surface area contributed by atoms with Crippen LogP contribution in [0, 0.1) is 0 Å². The fourth-order valence-corrected chi connectivity index (χ4v) is 2.63. The molecule has 2 rings (SSSR count). The number of anilines is 1. The van der Waals surface area contributed by atoms with E-state index in [4.69, 9.17) is 39.5 Å². The molecule has 0 fully saturated rings. The zero-order valence-electron chi connectivity index (χ0n) is 12.7. The van der Waals surface area contributed by atoms with Crippen LogP contribution in [-0.2, 0) is 15.7 Å². The lowest BCUT2D eigenvalue weighted by atomic mass is 10.1. The van der Waals surface area contributed by atoms with Crippen LogP contribution >= 0.6 is 34.8 Å². The van der Waals surface area contributed by atoms with Gasteiger partial charge in [-0.05, 0) is 30.3 Å². The molecule has 0 radical (unpaired) electrons. The molecule has 0 saturated carbocycles. The summed E-state index contributed by atoms with van der Waals surface area (Å²) in [5.41, 5.74) is -1.78. The van der Waals surface area contributed by atoms with E-state index in [1.807, 2.05) is 5.32 Å². The predicted octanol–water partition coefficient (Wildman–Crippen LogP) is 5.46. The Balaban J connectivity index is 2.07. The van der Waals surface area contributed by atoms with Crippen LogP contribution < -0.4 is 5.32 Å². The maximum Gasteiger partial charge on any atom is 0.418 e. The molecular formula is C16H9Cl3F3NO3. The second-order valence-electron chi connectivity index (χ2n) is 4.91. The largest absolute Gasteiger partial charge is 0.452 e. The Morgan fingerprint density at radius 2 is 1.73 bits per heavy atom. The number of amides is 1. The van der Waals surface area contributed by atoms with Crippen molar-refractivity contribution in [3.05, 3.63) is 62.6 Å². The summed E-state index contributed by atoms with van der Waals surface area (Å²) in [6.45, 7) is -0.833. The molecule has 0 saturated heterocycles. The monoisotopic (exact) mass is 425 g/mol. The molecule has 0 heterocycles. The highest BCUT2D eigenvalue weighted by Gasteiger charge is 2.34. The van der Waals surface area contributed by atoms with E-state index in [1.165, 1.54) is 24.3 Å². The molecule has 0 unspecified atom stereocenters. The number of ether oxygens (including phenoxy) is 1. The third-order valence-electron chi connectivity index (χ3n) is 3.07. The van der Waals surface area contributed by atoms with E-state index in [1.54, 1.807) is 0 Å². The standard InChI is InChI=1S/C16H9Cl3F3NO3/c17-8-4-5-9(12(19)6-8)15(25)26-7-13(24)23-14-10(16(20,21)22)2-1-3-11(14)18/h1-6H,7H2,(H,23,24). The molecule has 4 nitrogen and oxygen atoms in total. The van der Waals surface area contributed by atoms with Gasteiger partial charge < -0.3 is 10.1 Å². The number of para-hydroxylation sites is 1. The quantitative estimate of drug-likeness (QED) is 0.661. The van der Waals surface area contributed by atoms with Crippen molar-refractivity contribution in [3.8, 4) is 0 Å². The minimum absolute atomic E-state index is 0.00775. The Morgan fingerprint density at radius 3 is 2.35 bits per heavy atom. The van der Waals surface area contributed by atoms with Crippen molar-refractivity contribution in [1.82, 2.24) is 0 Å². The molecule has 2 aromatic carbocycles. The van der Waals surface area contributed by atoms with E-state index in [0.717, 1.165) is 12.1 Å². The summed E-state index contributed by atoms with van der Waals surface area (Å²) in [5.74, 6) is -1.93. The van der Waals surface area contributed by atoms with Gasteiger partial charge in [-0.2, -0.15) is 13.2 Å². The molecule has 0 atom stereocenters. The van der Waals surface area contributed by atoms with Gasteiger partial charge in [0.15, 0.2) is 6.61 Å². The lowest BCUT2D eigenvalue weighted by molar-refractivity contribution is -0.137. The van der Waals surface area contributed by atoms with Crippen LogP contribution in [0.4, 0.5) is 18.9 Å². The zero-order chi connectivity index (χ0) is 19.5. The molecule has 2 aromatic rings. The van der Waals surface area contributed by atoms with Crippen molar-refractivity contribution in [2.45, 2.75) is 6.18 Å². The molecule has 10 heteroatoms. The number of alkyl halides is 3. The number of hydrogen-bond donors (Lipinski definition) is 1. The van der Waals surface area contributed by atoms with Crippen molar-refractivity contribution in [2.24, 2.45) is 0 Å². The summed E-state index contributed by atoms with van der Waals surface area (Å²) >= 11 is 17.3. The smallest absolute Gasteiger partial charge is 0.418 e. The van der Waals surface area contributed by atoms with Crippen LogP contribution in [0.2, 0.25) is 15.1 Å². The first-order valence-electron chi connectivity index (χ1n) is 6.87. The van der Waals surface area contributed by atoms with Gasteiger partial charge in [-0.25, -0.2) is 4.79 Å². The Labute approximate surface area is 160 Å². The minimum atomic E-state index is -4.72. The summed E-state index contributed by atoms with van der Waals surface area (Å²) in [4.78, 5) is 23.7. The highest BCUT2D eigenvalue weighted by molar-refractivity contribution is 6.36. The number of halogens is 6. The maximum atomic E-state index is 13.0. The van der Waals surface area contributed by atoms with Gasteiger partial charge in [0.2, 0.25) is 0 Å². The van der Waals surface area contributed by atoms with Gasteiger partial charge in [0.05, 0.1) is 26.9 Å². The minimum Gasteiger partial charge on any atom is -0.452 e. The molecule has 0 aliphatic carbocycles. The van der Waals surface area contributed by atoms with Crippen molar-refractivity contribution >= 4 is 52.4 Å². The van der Waals surface area contributed by atoms with Gasteiger partial charge in [0.25, 0.3) is 5.91 Å². The van der Waals surface area contributed by atoms with E-state index in [9.17, 15) is 22.8 Å². The second-order valence-corrected chi connectivity index (χ2v) is 6.16. The Morgan fingerprint density at radius 1 is 1.04 bits per heavy atom. The third-order valence-corrected chi connectivity index (χ3v) is 3.93. The van der Waals surface area contributed by atoms with Gasteiger partial charge in [-0.3, -0.25) is 4.79 Å². The fourth-order valence-electron chi connectivity index (χ4n) is 1.93. The van der Waals surface area contributed by atoms with Gasteiger partial charge in [-0.1, -0.05) is 40.9 Å². The number of nitrogens with one attached hydrogen (secondary N) is 1. The van der Waals surface area contributed by atoms with Crippen LogP contribution in [0.3, 0.4) is 0 Å². The number of carbonyl (C=O) groups is 2. The average molecular weight is 427 g/mol. The van der Waals surface area contributed by atoms with Crippen molar-refractivity contribution < 1.29 is 27.5 Å². The Hall–Kier alpha value is -1.96. The summed E-state index contributed by atoms with van der Waals surface area (Å²) in [5, 5.41) is 1.99. The lowest BCUT2D eigenvalue weighted by Crippen LogP contribution is -2.23. The first-order chi connectivity index (χ1) is 12.1. The molecule has 0 aliphatic rings. The normalized spacial score (nSPS) is 11.2. The van der Waals surface area contributed by atoms with Gasteiger partial charge in [0.1, 0.15) is 0 Å². The van der Waals surface area contributed by atoms with E-state index in [-0.39, 0.29) is 15.6 Å². The number of rotatable bonds is 4. The highest BCUT2D eigenvalue weighted by atomic mass is 35.5. The van der Waals surface area contributed by atoms with Crippen molar-refractivity contribution in [2.75, 3.05) is 11.9 Å². The SMILES string of the molecule is O=C(COC(=O)c1ccc(Cl)cc1Cl)Nc1c(Cl)cccc1C(F)(F)F. The van der Waals surface area contributed by atoms with Gasteiger partial charge >= 0.3 is 12.1 Å². The molecule has 0 spiro atoms. The Kier molecular flexibility index (Phi) is 6.39. The summed E-state index contributed by atoms with van der Waals surface area (Å²) in [6, 6.07) is 7.04. The number of carbonyl (C=O) groups excluding carboxylic acids is 2. The molecule has 1 amide bonds. The van der Waals surface area contributed by atoms with Gasteiger partial charge in [0, 0.05) is 5.02 Å².